The number of anilines is 1. The molecule has 1 heterocycles. The summed E-state index contributed by atoms with van der Waals surface area (Å²) < 4.78 is 6.11. The number of fused-ring (bicyclic) bond motifs is 1. The lowest BCUT2D eigenvalue weighted by molar-refractivity contribution is -0.137. The van der Waals surface area contributed by atoms with Crippen LogP contribution in [0.15, 0.2) is 60.3 Å². The molecule has 4 rings (SSSR count). The Morgan fingerprint density at radius 2 is 1.89 bits per heavy atom. The average molecular weight is 364 g/mol. The van der Waals surface area contributed by atoms with Gasteiger partial charge in [-0.25, -0.2) is 0 Å². The number of nitrogens with one attached hydrogen (secondary N) is 1. The van der Waals surface area contributed by atoms with Crippen molar-refractivity contribution in [3.8, 4) is 5.75 Å². The highest BCUT2D eigenvalue weighted by Crippen LogP contribution is 2.35. The maximum absolute atomic E-state index is 12.2. The van der Waals surface area contributed by atoms with Crippen LogP contribution in [0.5, 0.6) is 5.75 Å². The minimum Gasteiger partial charge on any atom is -0.486 e. The van der Waals surface area contributed by atoms with Crippen LogP contribution in [0.25, 0.3) is 0 Å². The number of rotatable bonds is 6. The van der Waals surface area contributed by atoms with E-state index in [1.165, 1.54) is 17.2 Å². The number of carbonyl (C=O) groups excluding carboxylic acids is 2. The summed E-state index contributed by atoms with van der Waals surface area (Å²) in [5, 5.41) is 11.9. The molecule has 1 unspecified atom stereocenters. The second-order valence-corrected chi connectivity index (χ2v) is 6.57. The molecule has 2 aromatic rings. The molecule has 2 N–H and O–H groups in total. The van der Waals surface area contributed by atoms with Crippen molar-refractivity contribution in [3.05, 3.63) is 71.4 Å². The standard InChI is InChI=1S/C21H20N2O4/c24-12-11-23-20(25)13-18(21(23)26)22-15-6-8-16(9-7-15)27-19-10-5-14-3-1-2-4-17(14)19/h1-4,6-9,13,19,22,24H,5,10-12H2. The summed E-state index contributed by atoms with van der Waals surface area (Å²) in [5.74, 6) is -0.0969. The number of amides is 2. The third-order valence-electron chi connectivity index (χ3n) is 4.82. The quantitative estimate of drug-likeness (QED) is 0.770. The summed E-state index contributed by atoms with van der Waals surface area (Å²) in [6.07, 6.45) is 3.29. The van der Waals surface area contributed by atoms with Crippen molar-refractivity contribution >= 4 is 17.5 Å². The van der Waals surface area contributed by atoms with Gasteiger partial charge in [-0.2, -0.15) is 0 Å². The zero-order valence-electron chi connectivity index (χ0n) is 14.7. The number of benzene rings is 2. The molecule has 2 aliphatic rings. The van der Waals surface area contributed by atoms with E-state index in [0.29, 0.717) is 5.69 Å². The molecule has 6 heteroatoms. The van der Waals surface area contributed by atoms with Gasteiger partial charge in [-0.05, 0) is 48.2 Å². The van der Waals surface area contributed by atoms with Crippen LogP contribution in [-0.2, 0) is 16.0 Å². The number of hydrogen-bond donors (Lipinski definition) is 2. The number of nitrogens with zero attached hydrogens (tertiary/aromatic N) is 1. The predicted octanol–water partition coefficient (Wildman–Crippen LogP) is 2.41. The van der Waals surface area contributed by atoms with E-state index in [4.69, 9.17) is 9.84 Å². The summed E-state index contributed by atoms with van der Waals surface area (Å²) in [7, 11) is 0. The zero-order valence-corrected chi connectivity index (χ0v) is 14.7. The fourth-order valence-corrected chi connectivity index (χ4v) is 3.49. The van der Waals surface area contributed by atoms with Gasteiger partial charge >= 0.3 is 0 Å². The van der Waals surface area contributed by atoms with Crippen molar-refractivity contribution in [2.75, 3.05) is 18.5 Å². The number of aliphatic hydroxyl groups is 1. The van der Waals surface area contributed by atoms with Gasteiger partial charge in [0.2, 0.25) is 0 Å². The van der Waals surface area contributed by atoms with Crippen molar-refractivity contribution in [2.24, 2.45) is 0 Å². The minimum absolute atomic E-state index is 0.00497. The van der Waals surface area contributed by atoms with Crippen molar-refractivity contribution in [2.45, 2.75) is 18.9 Å². The third-order valence-corrected chi connectivity index (χ3v) is 4.82. The number of β-amino-alcohol motifs (C(OH)–C–C–N with tert-alkyl or cyclic N) is 1. The topological polar surface area (TPSA) is 78.9 Å². The van der Waals surface area contributed by atoms with Gasteiger partial charge in [0, 0.05) is 11.8 Å². The van der Waals surface area contributed by atoms with Gasteiger partial charge in [-0.3, -0.25) is 14.5 Å². The van der Waals surface area contributed by atoms with E-state index in [2.05, 4.69) is 17.4 Å². The Bertz CT molecular complexity index is 905. The normalized spacial score (nSPS) is 18.5. The number of ether oxygens (including phenoxy) is 1. The van der Waals surface area contributed by atoms with Gasteiger partial charge in [0.25, 0.3) is 11.8 Å². The van der Waals surface area contributed by atoms with Crippen molar-refractivity contribution in [1.29, 1.82) is 0 Å². The van der Waals surface area contributed by atoms with Crippen LogP contribution in [0.2, 0.25) is 0 Å². The first-order valence-electron chi connectivity index (χ1n) is 8.95. The van der Waals surface area contributed by atoms with Crippen molar-refractivity contribution < 1.29 is 19.4 Å². The van der Waals surface area contributed by atoms with Crippen LogP contribution in [0.4, 0.5) is 5.69 Å². The summed E-state index contributed by atoms with van der Waals surface area (Å²) in [5.41, 5.74) is 3.47. The van der Waals surface area contributed by atoms with E-state index in [9.17, 15) is 9.59 Å². The van der Waals surface area contributed by atoms with E-state index in [-0.39, 0.29) is 25.0 Å². The molecule has 1 aliphatic carbocycles. The molecule has 0 saturated carbocycles. The SMILES string of the molecule is O=C1C=C(Nc2ccc(OC3CCc4ccccc43)cc2)C(=O)N1CCO. The van der Waals surface area contributed by atoms with Gasteiger partial charge < -0.3 is 15.2 Å². The van der Waals surface area contributed by atoms with Gasteiger partial charge in [-0.15, -0.1) is 0 Å². The van der Waals surface area contributed by atoms with Gasteiger partial charge in [0.05, 0.1) is 13.2 Å². The molecular weight excluding hydrogens is 344 g/mol. The van der Waals surface area contributed by atoms with Gasteiger partial charge in [0.15, 0.2) is 0 Å². The Morgan fingerprint density at radius 1 is 1.11 bits per heavy atom. The largest absolute Gasteiger partial charge is 0.486 e. The molecule has 1 atom stereocenters. The Balaban J connectivity index is 1.41. The Labute approximate surface area is 157 Å². The monoisotopic (exact) mass is 364 g/mol. The summed E-state index contributed by atoms with van der Waals surface area (Å²) in [6, 6.07) is 15.6. The predicted molar refractivity (Wildman–Crippen MR) is 100 cm³/mol. The number of hydrogen-bond acceptors (Lipinski definition) is 5. The molecule has 0 aromatic heterocycles. The van der Waals surface area contributed by atoms with E-state index < -0.39 is 11.8 Å². The molecule has 2 aromatic carbocycles. The Morgan fingerprint density at radius 3 is 2.67 bits per heavy atom. The number of aliphatic hydroxyl groups excluding tert-OH is 1. The molecule has 0 spiro atoms. The lowest BCUT2D eigenvalue weighted by Gasteiger charge is -2.16. The van der Waals surface area contributed by atoms with Crippen LogP contribution >= 0.6 is 0 Å². The minimum atomic E-state index is -0.433. The van der Waals surface area contributed by atoms with Crippen LogP contribution in [-0.4, -0.2) is 35.0 Å². The van der Waals surface area contributed by atoms with E-state index >= 15 is 0 Å². The molecular formula is C21H20N2O4. The molecule has 1 aliphatic heterocycles. The summed E-state index contributed by atoms with van der Waals surface area (Å²) in [6.45, 7) is -0.260. The van der Waals surface area contributed by atoms with E-state index in [0.717, 1.165) is 23.5 Å². The fraction of sp³-hybridized carbons (Fsp3) is 0.238. The lowest BCUT2D eigenvalue weighted by atomic mass is 10.1. The zero-order chi connectivity index (χ0) is 18.8. The highest BCUT2D eigenvalue weighted by Gasteiger charge is 2.30. The van der Waals surface area contributed by atoms with Gasteiger partial charge in [0.1, 0.15) is 17.6 Å². The summed E-state index contributed by atoms with van der Waals surface area (Å²) >= 11 is 0. The second kappa shape index (κ2) is 7.25. The molecule has 6 nitrogen and oxygen atoms in total. The number of carbonyl (C=O) groups is 2. The molecule has 0 bridgehead atoms. The molecule has 2 amide bonds. The number of imide groups is 1. The highest BCUT2D eigenvalue weighted by molar-refractivity contribution is 6.17. The van der Waals surface area contributed by atoms with E-state index in [1.54, 1.807) is 0 Å². The van der Waals surface area contributed by atoms with Crippen LogP contribution in [0.3, 0.4) is 0 Å². The maximum Gasteiger partial charge on any atom is 0.277 e. The molecule has 0 saturated heterocycles. The first-order valence-corrected chi connectivity index (χ1v) is 8.95. The van der Waals surface area contributed by atoms with Gasteiger partial charge in [-0.1, -0.05) is 24.3 Å². The second-order valence-electron chi connectivity index (χ2n) is 6.57. The molecule has 0 fully saturated rings. The smallest absolute Gasteiger partial charge is 0.277 e. The Hall–Kier alpha value is -3.12. The van der Waals surface area contributed by atoms with Crippen LogP contribution in [0.1, 0.15) is 23.7 Å². The van der Waals surface area contributed by atoms with Crippen LogP contribution < -0.4 is 10.1 Å². The maximum atomic E-state index is 12.2. The molecule has 0 radical (unpaired) electrons. The molecule has 27 heavy (non-hydrogen) atoms. The average Bonchev–Trinajstić information content (AvgIpc) is 3.20. The van der Waals surface area contributed by atoms with Crippen molar-refractivity contribution in [1.82, 2.24) is 4.90 Å². The summed E-state index contributed by atoms with van der Waals surface area (Å²) in [4.78, 5) is 25.0. The molecule has 138 valence electrons. The third kappa shape index (κ3) is 3.44. The Kier molecular flexibility index (Phi) is 4.64. The first kappa shape index (κ1) is 17.3. The van der Waals surface area contributed by atoms with E-state index in [1.807, 2.05) is 36.4 Å². The van der Waals surface area contributed by atoms with Crippen molar-refractivity contribution in [3.63, 3.8) is 0 Å². The first-order chi connectivity index (χ1) is 13.2. The fourth-order valence-electron chi connectivity index (χ4n) is 3.49. The number of aryl methyl sites for hydroxylation is 1. The lowest BCUT2D eigenvalue weighted by Crippen LogP contribution is -2.34. The highest BCUT2D eigenvalue weighted by atomic mass is 16.5. The van der Waals surface area contributed by atoms with Crippen LogP contribution in [0, 0.1) is 0 Å².